The molecule has 0 bridgehead atoms. The van der Waals surface area contributed by atoms with E-state index >= 15 is 0 Å². The number of hydrogen-bond acceptors (Lipinski definition) is 2. The molecular weight excluding hydrogens is 219 g/mol. The van der Waals surface area contributed by atoms with Crippen LogP contribution in [0, 0.1) is 11.7 Å². The van der Waals surface area contributed by atoms with Gasteiger partial charge >= 0.3 is 0 Å². The zero-order valence-corrected chi connectivity index (χ0v) is 9.71. The molecule has 1 aliphatic rings. The highest BCUT2D eigenvalue weighted by Gasteiger charge is 2.16. The summed E-state index contributed by atoms with van der Waals surface area (Å²) < 4.78 is 12.7. The Balaban J connectivity index is 1.82. The zero-order valence-electron chi connectivity index (χ0n) is 9.71. The molecule has 1 fully saturated rings. The number of carbonyl (C=O) groups is 1. The Morgan fingerprint density at radius 3 is 2.82 bits per heavy atom. The quantitative estimate of drug-likeness (QED) is 0.844. The molecule has 1 aromatic carbocycles. The zero-order chi connectivity index (χ0) is 12.1. The predicted molar refractivity (Wildman–Crippen MR) is 65.2 cm³/mol. The van der Waals surface area contributed by atoms with Crippen LogP contribution in [-0.4, -0.2) is 19.0 Å². The number of benzene rings is 1. The molecule has 17 heavy (non-hydrogen) atoms. The molecule has 0 aromatic heterocycles. The van der Waals surface area contributed by atoms with Crippen molar-refractivity contribution in [3.8, 4) is 0 Å². The number of piperidine rings is 1. The van der Waals surface area contributed by atoms with Crippen molar-refractivity contribution in [2.75, 3.05) is 18.4 Å². The van der Waals surface area contributed by atoms with Gasteiger partial charge in [-0.3, -0.25) is 4.79 Å². The van der Waals surface area contributed by atoms with Gasteiger partial charge in [0.25, 0.3) is 0 Å². The van der Waals surface area contributed by atoms with Crippen molar-refractivity contribution in [2.45, 2.75) is 19.3 Å². The fourth-order valence-electron chi connectivity index (χ4n) is 2.11. The predicted octanol–water partition coefficient (Wildman–Crippen LogP) is 2.15. The lowest BCUT2D eigenvalue weighted by Crippen LogP contribution is -2.32. The SMILES string of the molecule is O=C(CC1CCCNC1)Nc1ccc(F)cc1. The first-order valence-corrected chi connectivity index (χ1v) is 6.00. The smallest absolute Gasteiger partial charge is 0.224 e. The van der Waals surface area contributed by atoms with Gasteiger partial charge in [-0.05, 0) is 56.1 Å². The molecule has 1 amide bonds. The maximum atomic E-state index is 12.7. The summed E-state index contributed by atoms with van der Waals surface area (Å²) in [5.41, 5.74) is 0.653. The second-order valence-electron chi connectivity index (χ2n) is 4.47. The molecule has 1 aliphatic heterocycles. The van der Waals surface area contributed by atoms with Gasteiger partial charge in [-0.1, -0.05) is 0 Å². The average Bonchev–Trinajstić information content (AvgIpc) is 2.33. The van der Waals surface area contributed by atoms with Crippen molar-refractivity contribution in [3.63, 3.8) is 0 Å². The van der Waals surface area contributed by atoms with Crippen LogP contribution in [0.15, 0.2) is 24.3 Å². The summed E-state index contributed by atoms with van der Waals surface area (Å²) >= 11 is 0. The van der Waals surface area contributed by atoms with Crippen LogP contribution in [0.25, 0.3) is 0 Å². The molecule has 0 radical (unpaired) electrons. The van der Waals surface area contributed by atoms with E-state index in [0.29, 0.717) is 18.0 Å². The van der Waals surface area contributed by atoms with Crippen LogP contribution in [0.5, 0.6) is 0 Å². The number of carbonyl (C=O) groups excluding carboxylic acids is 1. The van der Waals surface area contributed by atoms with Gasteiger partial charge in [0.1, 0.15) is 5.82 Å². The molecular formula is C13H17FN2O. The minimum absolute atomic E-state index is 0.00491. The third-order valence-electron chi connectivity index (χ3n) is 3.00. The summed E-state index contributed by atoms with van der Waals surface area (Å²) in [4.78, 5) is 11.7. The van der Waals surface area contributed by atoms with E-state index in [9.17, 15) is 9.18 Å². The molecule has 1 atom stereocenters. The van der Waals surface area contributed by atoms with Crippen LogP contribution in [0.2, 0.25) is 0 Å². The lowest BCUT2D eigenvalue weighted by Gasteiger charge is -2.22. The van der Waals surface area contributed by atoms with Crippen LogP contribution < -0.4 is 10.6 Å². The Morgan fingerprint density at radius 2 is 2.18 bits per heavy atom. The van der Waals surface area contributed by atoms with Gasteiger partial charge in [-0.15, -0.1) is 0 Å². The summed E-state index contributed by atoms with van der Waals surface area (Å²) in [7, 11) is 0. The van der Waals surface area contributed by atoms with Crippen LogP contribution in [0.3, 0.4) is 0 Å². The van der Waals surface area contributed by atoms with Crippen LogP contribution in [0.1, 0.15) is 19.3 Å². The molecule has 4 heteroatoms. The van der Waals surface area contributed by atoms with E-state index in [0.717, 1.165) is 25.9 Å². The summed E-state index contributed by atoms with van der Waals surface area (Å²) in [5, 5.41) is 6.06. The second kappa shape index (κ2) is 5.77. The first-order chi connectivity index (χ1) is 8.24. The standard InChI is InChI=1S/C13H17FN2O/c14-11-3-5-12(6-4-11)16-13(17)8-10-2-1-7-15-9-10/h3-6,10,15H,1-2,7-9H2,(H,16,17). The van der Waals surface area contributed by atoms with Crippen LogP contribution in [0.4, 0.5) is 10.1 Å². The van der Waals surface area contributed by atoms with Crippen LogP contribution >= 0.6 is 0 Å². The van der Waals surface area contributed by atoms with E-state index in [2.05, 4.69) is 10.6 Å². The molecule has 1 unspecified atom stereocenters. The molecule has 92 valence electrons. The first-order valence-electron chi connectivity index (χ1n) is 6.00. The highest BCUT2D eigenvalue weighted by Crippen LogP contribution is 2.15. The van der Waals surface area contributed by atoms with Gasteiger partial charge in [0.15, 0.2) is 0 Å². The monoisotopic (exact) mass is 236 g/mol. The maximum absolute atomic E-state index is 12.7. The fraction of sp³-hybridized carbons (Fsp3) is 0.462. The molecule has 2 rings (SSSR count). The molecule has 1 heterocycles. The minimum Gasteiger partial charge on any atom is -0.326 e. The molecule has 0 saturated carbocycles. The second-order valence-corrected chi connectivity index (χ2v) is 4.47. The van der Waals surface area contributed by atoms with Crippen molar-refractivity contribution in [1.82, 2.24) is 5.32 Å². The van der Waals surface area contributed by atoms with Gasteiger partial charge in [-0.2, -0.15) is 0 Å². The normalized spacial score (nSPS) is 19.9. The minimum atomic E-state index is -0.292. The third kappa shape index (κ3) is 3.82. The molecule has 0 spiro atoms. The van der Waals surface area contributed by atoms with Crippen molar-refractivity contribution >= 4 is 11.6 Å². The highest BCUT2D eigenvalue weighted by molar-refractivity contribution is 5.90. The lowest BCUT2D eigenvalue weighted by atomic mass is 9.96. The largest absolute Gasteiger partial charge is 0.326 e. The molecule has 3 nitrogen and oxygen atoms in total. The Labute approximate surface area is 100 Å². The topological polar surface area (TPSA) is 41.1 Å². The maximum Gasteiger partial charge on any atom is 0.224 e. The molecule has 0 aliphatic carbocycles. The van der Waals surface area contributed by atoms with Crippen molar-refractivity contribution < 1.29 is 9.18 Å². The molecule has 2 N–H and O–H groups in total. The van der Waals surface area contributed by atoms with Gasteiger partial charge in [0, 0.05) is 12.1 Å². The number of rotatable bonds is 3. The number of nitrogens with one attached hydrogen (secondary N) is 2. The van der Waals surface area contributed by atoms with Crippen molar-refractivity contribution in [1.29, 1.82) is 0 Å². The van der Waals surface area contributed by atoms with E-state index in [-0.39, 0.29) is 11.7 Å². The third-order valence-corrected chi connectivity index (χ3v) is 3.00. The van der Waals surface area contributed by atoms with Crippen molar-refractivity contribution in [2.24, 2.45) is 5.92 Å². The average molecular weight is 236 g/mol. The summed E-state index contributed by atoms with van der Waals surface area (Å²) in [5.74, 6) is 0.133. The van der Waals surface area contributed by atoms with E-state index < -0.39 is 0 Å². The molecule has 1 saturated heterocycles. The van der Waals surface area contributed by atoms with E-state index in [1.54, 1.807) is 12.1 Å². The summed E-state index contributed by atoms with van der Waals surface area (Å²) in [6.07, 6.45) is 2.77. The van der Waals surface area contributed by atoms with Gasteiger partial charge in [0.05, 0.1) is 0 Å². The Hall–Kier alpha value is -1.42. The lowest BCUT2D eigenvalue weighted by molar-refractivity contribution is -0.117. The first kappa shape index (κ1) is 12.0. The van der Waals surface area contributed by atoms with E-state index in [4.69, 9.17) is 0 Å². The van der Waals surface area contributed by atoms with E-state index in [1.807, 2.05) is 0 Å². The Kier molecular flexibility index (Phi) is 4.09. The van der Waals surface area contributed by atoms with Gasteiger partial charge in [0.2, 0.25) is 5.91 Å². The van der Waals surface area contributed by atoms with Gasteiger partial charge in [-0.25, -0.2) is 4.39 Å². The highest BCUT2D eigenvalue weighted by atomic mass is 19.1. The van der Waals surface area contributed by atoms with Gasteiger partial charge < -0.3 is 10.6 Å². The van der Waals surface area contributed by atoms with Crippen molar-refractivity contribution in [3.05, 3.63) is 30.1 Å². The number of anilines is 1. The number of hydrogen-bond donors (Lipinski definition) is 2. The number of amides is 1. The Bertz CT molecular complexity index is 372. The van der Waals surface area contributed by atoms with Crippen LogP contribution in [-0.2, 0) is 4.79 Å². The van der Waals surface area contributed by atoms with E-state index in [1.165, 1.54) is 12.1 Å². The summed E-state index contributed by atoms with van der Waals surface area (Å²) in [6, 6.07) is 5.84. The number of halogens is 1. The Morgan fingerprint density at radius 1 is 1.41 bits per heavy atom. The summed E-state index contributed by atoms with van der Waals surface area (Å²) in [6.45, 7) is 1.97. The molecule has 1 aromatic rings. The fourth-order valence-corrected chi connectivity index (χ4v) is 2.11.